The smallest absolute Gasteiger partial charge is 0.0645 e. The minimum atomic E-state index is -0.550. The van der Waals surface area contributed by atoms with Crippen molar-refractivity contribution in [2.24, 2.45) is 0 Å². The van der Waals surface area contributed by atoms with Gasteiger partial charge in [0, 0.05) is 32.9 Å². The highest BCUT2D eigenvalue weighted by molar-refractivity contribution is 6.12. The summed E-state index contributed by atoms with van der Waals surface area (Å²) in [5, 5.41) is -0.113. The second-order valence-corrected chi connectivity index (χ2v) is 10.4. The van der Waals surface area contributed by atoms with E-state index < -0.39 is 60.4 Å². The quantitative estimate of drug-likeness (QED) is 0.198. The van der Waals surface area contributed by atoms with Crippen molar-refractivity contribution in [2.45, 2.75) is 0 Å². The number of fused-ring (bicyclic) bond motifs is 6. The Morgan fingerprint density at radius 1 is 0.364 bits per heavy atom. The van der Waals surface area contributed by atoms with E-state index in [2.05, 4.69) is 0 Å². The van der Waals surface area contributed by atoms with Crippen LogP contribution in [0.25, 0.3) is 77.2 Å². The molecular formula is C42H28N2. The monoisotopic (exact) mass is 573 g/mol. The van der Waals surface area contributed by atoms with Crippen molar-refractivity contribution in [3.05, 3.63) is 170 Å². The molecular weight excluding hydrogens is 532 g/mol. The standard InChI is InChI=1S/C42H28N2/c1-3-12-29(13-4-1)30-14-11-17-34(26-30)44-40-21-10-8-19-36(40)38-28-32(23-25-42(38)44)31-22-24-41-37(27-31)35-18-7-9-20-39(35)43(41)33-15-5-2-6-16-33/h1-28H/i7D,8D,9D,10D,18D,19D,20D,21D,23D,24D,25D,27D,28D. The maximum Gasteiger partial charge on any atom is 0.0645 e. The molecule has 2 heterocycles. The van der Waals surface area contributed by atoms with Crippen molar-refractivity contribution in [3.63, 3.8) is 0 Å². The molecule has 9 aromatic rings. The number of aromatic nitrogens is 2. The van der Waals surface area contributed by atoms with Gasteiger partial charge >= 0.3 is 0 Å². The Kier molecular flexibility index (Phi) is 3.37. The third-order valence-electron chi connectivity index (χ3n) is 7.87. The maximum atomic E-state index is 9.72. The summed E-state index contributed by atoms with van der Waals surface area (Å²) in [6.45, 7) is 0. The Morgan fingerprint density at radius 3 is 1.64 bits per heavy atom. The molecule has 44 heavy (non-hydrogen) atoms. The van der Waals surface area contributed by atoms with Crippen LogP contribution in [-0.4, -0.2) is 9.13 Å². The summed E-state index contributed by atoms with van der Waals surface area (Å²) < 4.78 is 121. The van der Waals surface area contributed by atoms with Gasteiger partial charge in [-0.3, -0.25) is 0 Å². The van der Waals surface area contributed by atoms with E-state index in [9.17, 15) is 6.85 Å². The van der Waals surface area contributed by atoms with Crippen molar-refractivity contribution in [1.29, 1.82) is 0 Å². The zero-order valence-electron chi connectivity index (χ0n) is 36.1. The molecule has 0 aliphatic rings. The number of rotatable bonds is 4. The van der Waals surface area contributed by atoms with Crippen molar-refractivity contribution >= 4 is 43.6 Å². The summed E-state index contributed by atoms with van der Waals surface area (Å²) in [5.41, 5.74) is 2.38. The average molecular weight is 574 g/mol. The first kappa shape index (κ1) is 15.0. The Bertz CT molecular complexity index is 3210. The third kappa shape index (κ3) is 3.82. The van der Waals surface area contributed by atoms with Crippen LogP contribution in [0.5, 0.6) is 0 Å². The fraction of sp³-hybridized carbons (Fsp3) is 0. The number of para-hydroxylation sites is 3. The van der Waals surface area contributed by atoms with Gasteiger partial charge in [-0.15, -0.1) is 0 Å². The molecule has 0 radical (unpaired) electrons. The fourth-order valence-electron chi connectivity index (χ4n) is 5.90. The van der Waals surface area contributed by atoms with Gasteiger partial charge in [-0.1, -0.05) is 109 Å². The number of hydrogen-bond acceptors (Lipinski definition) is 0. The van der Waals surface area contributed by atoms with Gasteiger partial charge in [0.05, 0.1) is 39.9 Å². The van der Waals surface area contributed by atoms with E-state index in [-0.39, 0.29) is 72.9 Å². The highest BCUT2D eigenvalue weighted by Crippen LogP contribution is 2.38. The van der Waals surface area contributed by atoms with Crippen molar-refractivity contribution in [2.75, 3.05) is 0 Å². The minimum absolute atomic E-state index is 0.00384. The van der Waals surface area contributed by atoms with Crippen LogP contribution in [0.2, 0.25) is 0 Å². The van der Waals surface area contributed by atoms with E-state index in [1.165, 1.54) is 15.2 Å². The highest BCUT2D eigenvalue weighted by atomic mass is 15.0. The topological polar surface area (TPSA) is 9.86 Å². The molecule has 2 nitrogen and oxygen atoms in total. The van der Waals surface area contributed by atoms with Crippen LogP contribution in [0.3, 0.4) is 0 Å². The molecule has 0 saturated carbocycles. The van der Waals surface area contributed by atoms with E-state index in [0.29, 0.717) is 11.4 Å². The summed E-state index contributed by atoms with van der Waals surface area (Å²) in [7, 11) is 0. The first-order valence-electron chi connectivity index (χ1n) is 20.6. The lowest BCUT2D eigenvalue weighted by molar-refractivity contribution is 1.18. The van der Waals surface area contributed by atoms with Crippen LogP contribution in [-0.2, 0) is 0 Å². The Balaban J connectivity index is 1.44. The summed E-state index contributed by atoms with van der Waals surface area (Å²) >= 11 is 0. The molecule has 0 fully saturated rings. The Hall–Kier alpha value is -5.86. The molecule has 0 bridgehead atoms. The maximum absolute atomic E-state index is 9.72. The van der Waals surface area contributed by atoms with E-state index >= 15 is 0 Å². The molecule has 0 saturated heterocycles. The summed E-state index contributed by atoms with van der Waals surface area (Å²) in [6.07, 6.45) is 0. The first-order valence-corrected chi connectivity index (χ1v) is 14.1. The number of nitrogens with zero attached hydrogens (tertiary/aromatic N) is 2. The van der Waals surface area contributed by atoms with Crippen LogP contribution in [0.1, 0.15) is 17.8 Å². The predicted molar refractivity (Wildman–Crippen MR) is 186 cm³/mol. The Labute approximate surface area is 273 Å². The van der Waals surface area contributed by atoms with Gasteiger partial charge < -0.3 is 9.13 Å². The zero-order chi connectivity index (χ0) is 40.3. The first-order chi connectivity index (χ1) is 27.3. The lowest BCUT2D eigenvalue weighted by Crippen LogP contribution is -1.94. The van der Waals surface area contributed by atoms with Crippen LogP contribution < -0.4 is 0 Å². The molecule has 0 aliphatic heterocycles. The largest absolute Gasteiger partial charge is 0.309 e. The molecule has 2 heteroatoms. The molecule has 2 aromatic heterocycles. The van der Waals surface area contributed by atoms with Crippen molar-refractivity contribution in [1.82, 2.24) is 9.13 Å². The molecule has 0 spiro atoms. The minimum Gasteiger partial charge on any atom is -0.309 e. The molecule has 0 amide bonds. The van der Waals surface area contributed by atoms with Gasteiger partial charge in [0.25, 0.3) is 0 Å². The molecule has 0 N–H and O–H groups in total. The second-order valence-electron chi connectivity index (χ2n) is 10.4. The molecule has 7 aromatic carbocycles. The summed E-state index contributed by atoms with van der Waals surface area (Å²) in [4.78, 5) is 0. The lowest BCUT2D eigenvalue weighted by Gasteiger charge is -2.11. The van der Waals surface area contributed by atoms with Gasteiger partial charge in [-0.25, -0.2) is 0 Å². The second kappa shape index (κ2) is 9.86. The van der Waals surface area contributed by atoms with Gasteiger partial charge in [0.2, 0.25) is 0 Å². The zero-order valence-corrected chi connectivity index (χ0v) is 23.1. The normalized spacial score (nSPS) is 15.8. The van der Waals surface area contributed by atoms with Crippen molar-refractivity contribution in [3.8, 4) is 33.6 Å². The van der Waals surface area contributed by atoms with Crippen LogP contribution in [0.15, 0.2) is 170 Å². The van der Waals surface area contributed by atoms with Gasteiger partial charge in [-0.2, -0.15) is 0 Å². The highest BCUT2D eigenvalue weighted by Gasteiger charge is 2.16. The average Bonchev–Trinajstić information content (AvgIpc) is 3.78. The van der Waals surface area contributed by atoms with Crippen LogP contribution in [0, 0.1) is 0 Å². The summed E-state index contributed by atoms with van der Waals surface area (Å²) in [6, 6.07) is 21.0. The van der Waals surface area contributed by atoms with Gasteiger partial charge in [-0.05, 0) is 82.8 Å². The van der Waals surface area contributed by atoms with Gasteiger partial charge in [0.1, 0.15) is 0 Å². The Morgan fingerprint density at radius 2 is 0.909 bits per heavy atom. The number of benzene rings is 7. The van der Waals surface area contributed by atoms with E-state index in [1.54, 1.807) is 42.5 Å². The molecule has 0 aliphatic carbocycles. The molecule has 206 valence electrons. The predicted octanol–water partition coefficient (Wildman–Crippen LogP) is 11.2. The van der Waals surface area contributed by atoms with Gasteiger partial charge in [0.15, 0.2) is 0 Å². The van der Waals surface area contributed by atoms with Crippen LogP contribution in [0.4, 0.5) is 0 Å². The summed E-state index contributed by atoms with van der Waals surface area (Å²) in [5.74, 6) is 0. The van der Waals surface area contributed by atoms with E-state index in [0.717, 1.165) is 11.1 Å². The number of hydrogen-bond donors (Lipinski definition) is 0. The van der Waals surface area contributed by atoms with E-state index in [4.69, 9.17) is 11.0 Å². The SMILES string of the molecule is [2H]c1c([2H])c([2H])c2c(c1[2H])c1c([2H])c(-c3c([2H])c([2H])c4c(c3[2H])c3c([2H])c([2H])c([2H])c([2H])c3n4-c3cccc(-c4ccccc4)c3)cc([2H])c1n2-c1ccccc1. The van der Waals surface area contributed by atoms with E-state index in [1.807, 2.05) is 42.5 Å². The fourth-order valence-corrected chi connectivity index (χ4v) is 5.90. The van der Waals surface area contributed by atoms with Crippen molar-refractivity contribution < 1.29 is 17.8 Å². The molecule has 0 unspecified atom stereocenters. The third-order valence-corrected chi connectivity index (χ3v) is 7.87. The molecule has 0 atom stereocenters. The lowest BCUT2D eigenvalue weighted by atomic mass is 10.0. The molecule has 9 rings (SSSR count). The van der Waals surface area contributed by atoms with Crippen LogP contribution >= 0.6 is 0 Å².